The van der Waals surface area contributed by atoms with Gasteiger partial charge in [-0.25, -0.2) is 9.67 Å². The van der Waals surface area contributed by atoms with Gasteiger partial charge in [0.05, 0.1) is 6.54 Å². The fraction of sp³-hybridized carbons (Fsp3) is 0.467. The van der Waals surface area contributed by atoms with Crippen LogP contribution < -0.4 is 5.32 Å². The van der Waals surface area contributed by atoms with Gasteiger partial charge in [0.15, 0.2) is 0 Å². The average molecular weight is 309 g/mol. The maximum absolute atomic E-state index is 11.1. The number of rotatable bonds is 5. The van der Waals surface area contributed by atoms with E-state index in [0.29, 0.717) is 18.1 Å². The molecule has 0 saturated carbocycles. The molecule has 1 atom stereocenters. The van der Waals surface area contributed by atoms with E-state index in [2.05, 4.69) is 15.4 Å². The van der Waals surface area contributed by atoms with E-state index < -0.39 is 5.60 Å². The molecule has 5 nitrogen and oxygen atoms in total. The minimum atomic E-state index is -0.983. The van der Waals surface area contributed by atoms with E-state index in [9.17, 15) is 5.11 Å². The normalized spacial score (nSPS) is 14.7. The fourth-order valence-corrected chi connectivity index (χ4v) is 2.18. The van der Waals surface area contributed by atoms with Crippen molar-refractivity contribution in [3.8, 4) is 0 Å². The van der Waals surface area contributed by atoms with E-state index >= 15 is 0 Å². The molecule has 0 spiro atoms. The van der Waals surface area contributed by atoms with Crippen molar-refractivity contribution in [3.63, 3.8) is 0 Å². The molecule has 2 aromatic rings. The second-order valence-corrected chi connectivity index (χ2v) is 6.67. The van der Waals surface area contributed by atoms with E-state index in [4.69, 9.17) is 11.6 Å². The molecule has 21 heavy (non-hydrogen) atoms. The first kappa shape index (κ1) is 15.8. The number of benzene rings is 1. The number of hydrogen-bond acceptors (Lipinski definition) is 4. The Hall–Kier alpha value is -1.59. The Labute approximate surface area is 130 Å². The molecule has 1 aromatic carbocycles. The Morgan fingerprint density at radius 3 is 2.67 bits per heavy atom. The second-order valence-electron chi connectivity index (χ2n) is 6.24. The molecule has 0 amide bonds. The highest BCUT2D eigenvalue weighted by Gasteiger charge is 2.40. The summed E-state index contributed by atoms with van der Waals surface area (Å²) in [5.74, 6) is 0. The van der Waals surface area contributed by atoms with Gasteiger partial charge >= 0.3 is 0 Å². The van der Waals surface area contributed by atoms with Crippen molar-refractivity contribution in [3.05, 3.63) is 41.9 Å². The van der Waals surface area contributed by atoms with E-state index in [0.717, 1.165) is 5.69 Å². The molecule has 0 saturated heterocycles. The molecule has 1 heterocycles. The Balaban J connectivity index is 2.13. The van der Waals surface area contributed by atoms with E-state index in [1.807, 2.05) is 45.0 Å². The SMILES string of the molecule is CC(C)(C)C(O)(CNc1cccc(Cl)c1)Cn1cncn1. The van der Waals surface area contributed by atoms with Crippen LogP contribution in [0.25, 0.3) is 0 Å². The van der Waals surface area contributed by atoms with Crippen molar-refractivity contribution in [2.75, 3.05) is 11.9 Å². The molecule has 2 rings (SSSR count). The van der Waals surface area contributed by atoms with Crippen LogP contribution in [0.1, 0.15) is 20.8 Å². The molecule has 0 radical (unpaired) electrons. The number of halogens is 1. The summed E-state index contributed by atoms with van der Waals surface area (Å²) in [5, 5.41) is 19.1. The predicted octanol–water partition coefficient (Wildman–Crippen LogP) is 2.82. The van der Waals surface area contributed by atoms with Gasteiger partial charge < -0.3 is 10.4 Å². The summed E-state index contributed by atoms with van der Waals surface area (Å²) in [6, 6.07) is 7.45. The summed E-state index contributed by atoms with van der Waals surface area (Å²) in [6.45, 7) is 6.76. The van der Waals surface area contributed by atoms with E-state index in [1.54, 1.807) is 11.0 Å². The standard InChI is InChI=1S/C15H21ClN4O/c1-14(2,3)15(21,9-20-11-17-10-19-20)8-18-13-6-4-5-12(16)7-13/h4-7,10-11,18,21H,8-9H2,1-3H3. The quantitative estimate of drug-likeness (QED) is 0.891. The van der Waals surface area contributed by atoms with Crippen LogP contribution in [0.5, 0.6) is 0 Å². The molecule has 0 aliphatic rings. The predicted molar refractivity (Wildman–Crippen MR) is 84.4 cm³/mol. The number of aromatic nitrogens is 3. The second kappa shape index (κ2) is 6.03. The minimum Gasteiger partial charge on any atom is -0.386 e. The van der Waals surface area contributed by atoms with Gasteiger partial charge in [-0.3, -0.25) is 0 Å². The summed E-state index contributed by atoms with van der Waals surface area (Å²) in [7, 11) is 0. The van der Waals surface area contributed by atoms with Gasteiger partial charge in [0.1, 0.15) is 18.3 Å². The first-order chi connectivity index (χ1) is 9.80. The van der Waals surface area contributed by atoms with Crippen LogP contribution in [0.3, 0.4) is 0 Å². The third-order valence-corrected chi connectivity index (χ3v) is 3.93. The van der Waals surface area contributed by atoms with Crippen LogP contribution in [0.4, 0.5) is 5.69 Å². The lowest BCUT2D eigenvalue weighted by Gasteiger charge is -2.40. The molecule has 0 aliphatic carbocycles. The minimum absolute atomic E-state index is 0.329. The van der Waals surface area contributed by atoms with Crippen molar-refractivity contribution in [1.29, 1.82) is 0 Å². The van der Waals surface area contributed by atoms with Crippen LogP contribution in [0.15, 0.2) is 36.9 Å². The average Bonchev–Trinajstić information content (AvgIpc) is 2.88. The van der Waals surface area contributed by atoms with Crippen LogP contribution in [-0.4, -0.2) is 32.0 Å². The topological polar surface area (TPSA) is 63.0 Å². The monoisotopic (exact) mass is 308 g/mol. The first-order valence-corrected chi connectivity index (χ1v) is 7.22. The van der Waals surface area contributed by atoms with Crippen molar-refractivity contribution in [2.24, 2.45) is 5.41 Å². The largest absolute Gasteiger partial charge is 0.386 e. The van der Waals surface area contributed by atoms with Gasteiger partial charge in [0.2, 0.25) is 0 Å². The van der Waals surface area contributed by atoms with E-state index in [1.165, 1.54) is 6.33 Å². The Kier molecular flexibility index (Phi) is 4.54. The lowest BCUT2D eigenvalue weighted by atomic mass is 9.76. The summed E-state index contributed by atoms with van der Waals surface area (Å²) in [5.41, 5.74) is -0.433. The van der Waals surface area contributed by atoms with E-state index in [-0.39, 0.29) is 5.41 Å². The van der Waals surface area contributed by atoms with Crippen molar-refractivity contribution in [2.45, 2.75) is 32.9 Å². The zero-order valence-corrected chi connectivity index (χ0v) is 13.3. The highest BCUT2D eigenvalue weighted by atomic mass is 35.5. The fourth-order valence-electron chi connectivity index (χ4n) is 1.99. The molecular weight excluding hydrogens is 288 g/mol. The third kappa shape index (κ3) is 3.95. The zero-order chi connectivity index (χ0) is 15.5. The Bertz CT molecular complexity index is 580. The van der Waals surface area contributed by atoms with Crippen LogP contribution >= 0.6 is 11.6 Å². The third-order valence-electron chi connectivity index (χ3n) is 3.70. The van der Waals surface area contributed by atoms with Gasteiger partial charge in [-0.1, -0.05) is 38.4 Å². The molecule has 1 aromatic heterocycles. The molecule has 6 heteroatoms. The first-order valence-electron chi connectivity index (χ1n) is 6.84. The Morgan fingerprint density at radius 2 is 2.10 bits per heavy atom. The molecule has 1 unspecified atom stereocenters. The van der Waals surface area contributed by atoms with Gasteiger partial charge in [-0.2, -0.15) is 5.10 Å². The lowest BCUT2D eigenvalue weighted by molar-refractivity contribution is -0.0619. The molecule has 0 bridgehead atoms. The van der Waals surface area contributed by atoms with Gasteiger partial charge in [-0.15, -0.1) is 0 Å². The molecular formula is C15H21ClN4O. The zero-order valence-electron chi connectivity index (χ0n) is 12.5. The summed E-state index contributed by atoms with van der Waals surface area (Å²) in [6.07, 6.45) is 3.07. The van der Waals surface area contributed by atoms with Crippen LogP contribution in [0.2, 0.25) is 5.02 Å². The number of nitrogens with one attached hydrogen (secondary N) is 1. The molecule has 0 aliphatic heterocycles. The number of nitrogens with zero attached hydrogens (tertiary/aromatic N) is 3. The van der Waals surface area contributed by atoms with Crippen molar-refractivity contribution in [1.82, 2.24) is 14.8 Å². The molecule has 0 fully saturated rings. The maximum Gasteiger partial charge on any atom is 0.137 e. The van der Waals surface area contributed by atoms with Crippen LogP contribution in [0, 0.1) is 5.41 Å². The number of hydrogen-bond donors (Lipinski definition) is 2. The van der Waals surface area contributed by atoms with Gasteiger partial charge in [-0.05, 0) is 23.6 Å². The highest BCUT2D eigenvalue weighted by molar-refractivity contribution is 6.30. The lowest BCUT2D eigenvalue weighted by Crippen LogP contribution is -2.51. The Morgan fingerprint density at radius 1 is 1.33 bits per heavy atom. The molecule has 114 valence electrons. The molecule has 2 N–H and O–H groups in total. The van der Waals surface area contributed by atoms with Gasteiger partial charge in [0.25, 0.3) is 0 Å². The summed E-state index contributed by atoms with van der Waals surface area (Å²) in [4.78, 5) is 3.92. The number of anilines is 1. The smallest absolute Gasteiger partial charge is 0.137 e. The summed E-state index contributed by atoms with van der Waals surface area (Å²) < 4.78 is 1.64. The number of aliphatic hydroxyl groups is 1. The van der Waals surface area contributed by atoms with Crippen molar-refractivity contribution < 1.29 is 5.11 Å². The maximum atomic E-state index is 11.1. The van der Waals surface area contributed by atoms with Gasteiger partial charge in [0, 0.05) is 17.3 Å². The highest BCUT2D eigenvalue weighted by Crippen LogP contribution is 2.32. The van der Waals surface area contributed by atoms with Crippen LogP contribution in [-0.2, 0) is 6.54 Å². The van der Waals surface area contributed by atoms with Crippen molar-refractivity contribution >= 4 is 17.3 Å². The summed E-state index contributed by atoms with van der Waals surface area (Å²) >= 11 is 5.97.